The molecule has 1 aliphatic rings. The predicted molar refractivity (Wildman–Crippen MR) is 60.9 cm³/mol. The fraction of sp³-hybridized carbons (Fsp3) is 0.636. The van der Waals surface area contributed by atoms with Crippen LogP contribution in [0.2, 0.25) is 0 Å². The van der Waals surface area contributed by atoms with Gasteiger partial charge in [0.1, 0.15) is 0 Å². The lowest BCUT2D eigenvalue weighted by Crippen LogP contribution is -2.35. The molecule has 0 saturated carbocycles. The average molecular weight is 206 g/mol. The van der Waals surface area contributed by atoms with Crippen molar-refractivity contribution in [1.29, 1.82) is 0 Å². The van der Waals surface area contributed by atoms with E-state index in [2.05, 4.69) is 27.2 Å². The third kappa shape index (κ3) is 2.89. The lowest BCUT2D eigenvalue weighted by Gasteiger charge is -2.27. The van der Waals surface area contributed by atoms with Crippen molar-refractivity contribution in [2.24, 2.45) is 5.92 Å². The molecule has 4 nitrogen and oxygen atoms in total. The van der Waals surface area contributed by atoms with Crippen LogP contribution in [0.15, 0.2) is 18.5 Å². The number of anilines is 1. The van der Waals surface area contributed by atoms with Crippen LogP contribution in [-0.2, 0) is 0 Å². The SMILES string of the molecule is CN(CC1CCNCC1)c1ncccn1. The number of piperidine rings is 1. The molecule has 0 aliphatic carbocycles. The number of hydrogen-bond acceptors (Lipinski definition) is 4. The first-order valence-electron chi connectivity index (χ1n) is 5.55. The van der Waals surface area contributed by atoms with E-state index in [0.717, 1.165) is 31.5 Å². The highest BCUT2D eigenvalue weighted by Gasteiger charge is 2.15. The summed E-state index contributed by atoms with van der Waals surface area (Å²) >= 11 is 0. The van der Waals surface area contributed by atoms with Gasteiger partial charge in [-0.25, -0.2) is 9.97 Å². The number of nitrogens with zero attached hydrogens (tertiary/aromatic N) is 3. The highest BCUT2D eigenvalue weighted by Crippen LogP contribution is 2.14. The van der Waals surface area contributed by atoms with Crippen molar-refractivity contribution in [1.82, 2.24) is 15.3 Å². The fourth-order valence-corrected chi connectivity index (χ4v) is 2.02. The van der Waals surface area contributed by atoms with Crippen LogP contribution in [0.1, 0.15) is 12.8 Å². The minimum absolute atomic E-state index is 0.778. The van der Waals surface area contributed by atoms with Crippen molar-refractivity contribution in [2.45, 2.75) is 12.8 Å². The van der Waals surface area contributed by atoms with Crippen molar-refractivity contribution < 1.29 is 0 Å². The smallest absolute Gasteiger partial charge is 0.224 e. The summed E-state index contributed by atoms with van der Waals surface area (Å²) in [5.41, 5.74) is 0. The van der Waals surface area contributed by atoms with Gasteiger partial charge < -0.3 is 10.2 Å². The first kappa shape index (κ1) is 10.4. The topological polar surface area (TPSA) is 41.0 Å². The Morgan fingerprint density at radius 2 is 2.00 bits per heavy atom. The van der Waals surface area contributed by atoms with Gasteiger partial charge >= 0.3 is 0 Å². The number of hydrogen-bond donors (Lipinski definition) is 1. The van der Waals surface area contributed by atoms with Crippen LogP contribution < -0.4 is 10.2 Å². The van der Waals surface area contributed by atoms with Crippen LogP contribution in [0.3, 0.4) is 0 Å². The molecule has 0 aromatic carbocycles. The second kappa shape index (κ2) is 5.07. The highest BCUT2D eigenvalue weighted by molar-refractivity contribution is 5.26. The molecule has 1 aliphatic heterocycles. The Morgan fingerprint density at radius 1 is 1.33 bits per heavy atom. The molecule has 0 spiro atoms. The molecule has 1 N–H and O–H groups in total. The molecule has 0 unspecified atom stereocenters. The summed E-state index contributed by atoms with van der Waals surface area (Å²) in [6.45, 7) is 3.36. The molecule has 82 valence electrons. The van der Waals surface area contributed by atoms with Gasteiger partial charge in [0.15, 0.2) is 0 Å². The van der Waals surface area contributed by atoms with Crippen LogP contribution in [0, 0.1) is 5.92 Å². The summed E-state index contributed by atoms with van der Waals surface area (Å²) in [6, 6.07) is 1.85. The maximum atomic E-state index is 4.24. The zero-order chi connectivity index (χ0) is 10.5. The van der Waals surface area contributed by atoms with Gasteiger partial charge in [-0.1, -0.05) is 0 Å². The lowest BCUT2D eigenvalue weighted by atomic mass is 9.98. The minimum atomic E-state index is 0.778. The first-order valence-corrected chi connectivity index (χ1v) is 5.55. The maximum Gasteiger partial charge on any atom is 0.224 e. The maximum absolute atomic E-state index is 4.24. The standard InChI is InChI=1S/C11H18N4/c1-15(11-13-5-2-6-14-11)9-10-3-7-12-8-4-10/h2,5-6,10,12H,3-4,7-9H2,1H3. The molecule has 0 atom stereocenters. The van der Waals surface area contributed by atoms with E-state index >= 15 is 0 Å². The Bertz CT molecular complexity index is 282. The minimum Gasteiger partial charge on any atom is -0.344 e. The summed E-state index contributed by atoms with van der Waals surface area (Å²) < 4.78 is 0. The summed E-state index contributed by atoms with van der Waals surface area (Å²) in [5, 5.41) is 3.38. The van der Waals surface area contributed by atoms with Crippen molar-refractivity contribution >= 4 is 5.95 Å². The normalized spacial score (nSPS) is 17.7. The van der Waals surface area contributed by atoms with Gasteiger partial charge in [0.05, 0.1) is 0 Å². The van der Waals surface area contributed by atoms with E-state index in [9.17, 15) is 0 Å². The molecule has 4 heteroatoms. The number of rotatable bonds is 3. The Morgan fingerprint density at radius 3 is 2.67 bits per heavy atom. The van der Waals surface area contributed by atoms with Crippen LogP contribution in [0.4, 0.5) is 5.95 Å². The summed E-state index contributed by atoms with van der Waals surface area (Å²) in [5.74, 6) is 1.61. The molecule has 2 heterocycles. The number of nitrogens with one attached hydrogen (secondary N) is 1. The van der Waals surface area contributed by atoms with E-state index in [4.69, 9.17) is 0 Å². The Labute approximate surface area is 90.7 Å². The van der Waals surface area contributed by atoms with E-state index < -0.39 is 0 Å². The van der Waals surface area contributed by atoms with Crippen LogP contribution in [0.25, 0.3) is 0 Å². The molecule has 0 amide bonds. The molecular formula is C11H18N4. The van der Waals surface area contributed by atoms with E-state index in [-0.39, 0.29) is 0 Å². The van der Waals surface area contributed by atoms with Crippen molar-refractivity contribution in [3.05, 3.63) is 18.5 Å². The first-order chi connectivity index (χ1) is 7.36. The van der Waals surface area contributed by atoms with Crippen molar-refractivity contribution in [3.63, 3.8) is 0 Å². The van der Waals surface area contributed by atoms with Crippen molar-refractivity contribution in [3.8, 4) is 0 Å². The predicted octanol–water partition coefficient (Wildman–Crippen LogP) is 0.912. The van der Waals surface area contributed by atoms with Gasteiger partial charge in [-0.2, -0.15) is 0 Å². The zero-order valence-corrected chi connectivity index (χ0v) is 9.19. The molecule has 0 radical (unpaired) electrons. The quantitative estimate of drug-likeness (QED) is 0.798. The van der Waals surface area contributed by atoms with Gasteiger partial charge in [-0.3, -0.25) is 0 Å². The average Bonchev–Trinajstić information content (AvgIpc) is 2.31. The van der Waals surface area contributed by atoms with Gasteiger partial charge in [-0.05, 0) is 37.9 Å². The van der Waals surface area contributed by atoms with Crippen LogP contribution in [0.5, 0.6) is 0 Å². The second-order valence-corrected chi connectivity index (χ2v) is 4.12. The third-order valence-electron chi connectivity index (χ3n) is 2.88. The Hall–Kier alpha value is -1.16. The second-order valence-electron chi connectivity index (χ2n) is 4.12. The zero-order valence-electron chi connectivity index (χ0n) is 9.19. The summed E-state index contributed by atoms with van der Waals surface area (Å²) in [7, 11) is 2.07. The van der Waals surface area contributed by atoms with Crippen LogP contribution in [-0.4, -0.2) is 36.6 Å². The van der Waals surface area contributed by atoms with Gasteiger partial charge in [0.25, 0.3) is 0 Å². The largest absolute Gasteiger partial charge is 0.344 e. The van der Waals surface area contributed by atoms with E-state index in [0.29, 0.717) is 0 Å². The fourth-order valence-electron chi connectivity index (χ4n) is 2.02. The van der Waals surface area contributed by atoms with E-state index in [1.807, 2.05) is 6.07 Å². The molecule has 1 aromatic heterocycles. The van der Waals surface area contributed by atoms with Gasteiger partial charge in [0.2, 0.25) is 5.95 Å². The molecule has 1 aromatic rings. The summed E-state index contributed by atoms with van der Waals surface area (Å²) in [6.07, 6.45) is 6.11. The van der Waals surface area contributed by atoms with E-state index in [1.54, 1.807) is 12.4 Å². The van der Waals surface area contributed by atoms with Crippen molar-refractivity contribution in [2.75, 3.05) is 31.6 Å². The molecule has 0 bridgehead atoms. The third-order valence-corrected chi connectivity index (χ3v) is 2.88. The molecule has 15 heavy (non-hydrogen) atoms. The molecule has 1 saturated heterocycles. The number of aromatic nitrogens is 2. The highest BCUT2D eigenvalue weighted by atomic mass is 15.2. The molecule has 1 fully saturated rings. The van der Waals surface area contributed by atoms with Gasteiger partial charge in [0, 0.05) is 26.0 Å². The Kier molecular flexibility index (Phi) is 3.50. The summed E-state index contributed by atoms with van der Waals surface area (Å²) in [4.78, 5) is 10.6. The van der Waals surface area contributed by atoms with Gasteiger partial charge in [-0.15, -0.1) is 0 Å². The molecular weight excluding hydrogens is 188 g/mol. The Balaban J connectivity index is 1.88. The monoisotopic (exact) mass is 206 g/mol. The van der Waals surface area contributed by atoms with Crippen LogP contribution >= 0.6 is 0 Å². The molecule has 2 rings (SSSR count). The van der Waals surface area contributed by atoms with E-state index in [1.165, 1.54) is 12.8 Å². The lowest BCUT2D eigenvalue weighted by molar-refractivity contribution is 0.377.